The third-order valence-corrected chi connectivity index (χ3v) is 4.94. The van der Waals surface area contributed by atoms with Crippen molar-refractivity contribution in [3.05, 3.63) is 24.3 Å². The van der Waals surface area contributed by atoms with E-state index < -0.39 is 0 Å². The summed E-state index contributed by atoms with van der Waals surface area (Å²) < 4.78 is 5.93. The van der Waals surface area contributed by atoms with Crippen LogP contribution >= 0.6 is 0 Å². The predicted octanol–water partition coefficient (Wildman–Crippen LogP) is 6.00. The number of benzene rings is 1. The minimum Gasteiger partial charge on any atom is -0.494 e. The van der Waals surface area contributed by atoms with Gasteiger partial charge in [0.05, 0.1) is 6.61 Å². The fourth-order valence-electron chi connectivity index (χ4n) is 3.23. The Hall–Kier alpha value is -2.57. The molecule has 1 aromatic carbocycles. The number of unbranched alkanes of at least 4 members (excludes halogenated alkanes) is 9. The Morgan fingerprint density at radius 3 is 1.90 bits per heavy atom. The van der Waals surface area contributed by atoms with Crippen LogP contribution in [0.2, 0.25) is 0 Å². The lowest BCUT2D eigenvalue weighted by Gasteiger charge is -2.10. The molecule has 0 bridgehead atoms. The molecule has 2 rings (SSSR count). The largest absolute Gasteiger partial charge is 0.494 e. The first kappa shape index (κ1) is 23.7. The van der Waals surface area contributed by atoms with Gasteiger partial charge in [0.1, 0.15) is 5.75 Å². The molecule has 0 unspecified atom stereocenters. The predicted molar refractivity (Wildman–Crippen MR) is 126 cm³/mol. The van der Waals surface area contributed by atoms with Gasteiger partial charge in [-0.15, -0.1) is 0 Å². The topological polar surface area (TPSA) is 84.0 Å². The summed E-state index contributed by atoms with van der Waals surface area (Å²) in [4.78, 5) is 12.9. The van der Waals surface area contributed by atoms with Gasteiger partial charge in [-0.3, -0.25) is 0 Å². The molecule has 166 valence electrons. The summed E-state index contributed by atoms with van der Waals surface area (Å²) in [7, 11) is 3.56. The van der Waals surface area contributed by atoms with Crippen molar-refractivity contribution in [2.75, 3.05) is 36.7 Å². The van der Waals surface area contributed by atoms with Crippen LogP contribution in [0.3, 0.4) is 0 Å². The van der Waals surface area contributed by atoms with Crippen molar-refractivity contribution in [1.82, 2.24) is 15.0 Å². The molecule has 0 amide bonds. The van der Waals surface area contributed by atoms with Crippen LogP contribution in [-0.4, -0.2) is 35.7 Å². The van der Waals surface area contributed by atoms with Crippen molar-refractivity contribution in [3.63, 3.8) is 0 Å². The Balaban J connectivity index is 1.67. The van der Waals surface area contributed by atoms with Crippen LogP contribution in [0, 0.1) is 0 Å². The number of hydrogen-bond donors (Lipinski definition) is 3. The van der Waals surface area contributed by atoms with Gasteiger partial charge in [-0.05, 0) is 18.6 Å². The average Bonchev–Trinajstić information content (AvgIpc) is 2.77. The van der Waals surface area contributed by atoms with Gasteiger partial charge < -0.3 is 20.7 Å². The Bertz CT molecular complexity index is 702. The van der Waals surface area contributed by atoms with Crippen molar-refractivity contribution >= 4 is 23.5 Å². The molecule has 2 aromatic rings. The fraction of sp³-hybridized carbons (Fsp3) is 0.609. The van der Waals surface area contributed by atoms with Gasteiger partial charge >= 0.3 is 0 Å². The highest BCUT2D eigenvalue weighted by Crippen LogP contribution is 2.21. The summed E-state index contributed by atoms with van der Waals surface area (Å²) in [5, 5.41) is 9.09. The van der Waals surface area contributed by atoms with E-state index in [4.69, 9.17) is 4.74 Å². The van der Waals surface area contributed by atoms with E-state index in [9.17, 15) is 0 Å². The number of anilines is 4. The Labute approximate surface area is 181 Å². The summed E-state index contributed by atoms with van der Waals surface area (Å²) in [6.45, 7) is 3.02. The zero-order valence-electron chi connectivity index (χ0n) is 18.8. The number of aromatic nitrogens is 3. The minimum absolute atomic E-state index is 0.477. The maximum atomic E-state index is 5.93. The van der Waals surface area contributed by atoms with Gasteiger partial charge in [0.25, 0.3) is 0 Å². The Morgan fingerprint density at radius 2 is 1.30 bits per heavy atom. The van der Waals surface area contributed by atoms with Gasteiger partial charge in [-0.2, -0.15) is 15.0 Å². The number of hydrogen-bond acceptors (Lipinski definition) is 7. The minimum atomic E-state index is 0.477. The van der Waals surface area contributed by atoms with E-state index in [1.54, 1.807) is 14.1 Å². The van der Waals surface area contributed by atoms with Crippen molar-refractivity contribution in [2.45, 2.75) is 71.1 Å². The van der Waals surface area contributed by atoms with E-state index >= 15 is 0 Å². The standard InChI is InChI=1S/C23H38N6O/c1-4-5-6-7-8-9-10-11-12-13-17-30-20-16-14-15-19(18-20)26-23-28-21(24-2)27-22(25-3)29-23/h14-16,18H,4-13,17H2,1-3H3,(H3,24,25,26,27,28,29). The molecule has 0 fully saturated rings. The molecule has 1 aromatic heterocycles. The molecule has 0 saturated carbocycles. The van der Waals surface area contributed by atoms with Gasteiger partial charge in [0, 0.05) is 25.8 Å². The first-order valence-electron chi connectivity index (χ1n) is 11.4. The molecule has 0 aliphatic heterocycles. The summed E-state index contributed by atoms with van der Waals surface area (Å²) in [5.41, 5.74) is 0.880. The smallest absolute Gasteiger partial charge is 0.233 e. The van der Waals surface area contributed by atoms with Crippen molar-refractivity contribution in [3.8, 4) is 5.75 Å². The lowest BCUT2D eigenvalue weighted by Crippen LogP contribution is -2.07. The van der Waals surface area contributed by atoms with Crippen molar-refractivity contribution in [1.29, 1.82) is 0 Å². The summed E-state index contributed by atoms with van der Waals surface area (Å²) in [5.74, 6) is 2.34. The molecule has 1 heterocycles. The first-order chi connectivity index (χ1) is 14.7. The maximum absolute atomic E-state index is 5.93. The second-order valence-electron chi connectivity index (χ2n) is 7.49. The van der Waals surface area contributed by atoms with E-state index in [1.165, 1.54) is 57.8 Å². The molecule has 0 atom stereocenters. The Morgan fingerprint density at radius 1 is 0.733 bits per heavy atom. The summed E-state index contributed by atoms with van der Waals surface area (Å²) in [6, 6.07) is 7.88. The molecule has 0 saturated heterocycles. The lowest BCUT2D eigenvalue weighted by molar-refractivity contribution is 0.304. The number of nitrogens with zero attached hydrogens (tertiary/aromatic N) is 3. The first-order valence-corrected chi connectivity index (χ1v) is 11.4. The van der Waals surface area contributed by atoms with Gasteiger partial charge in [-0.25, -0.2) is 0 Å². The highest BCUT2D eigenvalue weighted by atomic mass is 16.5. The molecule has 3 N–H and O–H groups in total. The zero-order chi connectivity index (χ0) is 21.4. The second kappa shape index (κ2) is 14.4. The van der Waals surface area contributed by atoms with E-state index in [0.717, 1.165) is 24.5 Å². The van der Waals surface area contributed by atoms with Gasteiger partial charge in [-0.1, -0.05) is 70.8 Å². The van der Waals surface area contributed by atoms with Crippen LogP contribution in [0.25, 0.3) is 0 Å². The van der Waals surface area contributed by atoms with Gasteiger partial charge in [0.15, 0.2) is 0 Å². The third kappa shape index (κ3) is 9.29. The van der Waals surface area contributed by atoms with Crippen LogP contribution in [0.15, 0.2) is 24.3 Å². The van der Waals surface area contributed by atoms with Crippen LogP contribution in [0.5, 0.6) is 5.75 Å². The van der Waals surface area contributed by atoms with Crippen LogP contribution in [0.1, 0.15) is 71.1 Å². The molecule has 30 heavy (non-hydrogen) atoms. The number of ether oxygens (including phenoxy) is 1. The number of nitrogens with one attached hydrogen (secondary N) is 3. The normalized spacial score (nSPS) is 10.6. The zero-order valence-corrected chi connectivity index (χ0v) is 18.8. The van der Waals surface area contributed by atoms with Crippen molar-refractivity contribution in [2.24, 2.45) is 0 Å². The van der Waals surface area contributed by atoms with E-state index in [-0.39, 0.29) is 0 Å². The van der Waals surface area contributed by atoms with Crippen LogP contribution in [-0.2, 0) is 0 Å². The molecular formula is C23H38N6O. The summed E-state index contributed by atoms with van der Waals surface area (Å²) in [6.07, 6.45) is 13.3. The van der Waals surface area contributed by atoms with Crippen LogP contribution in [0.4, 0.5) is 23.5 Å². The molecule has 0 radical (unpaired) electrons. The molecular weight excluding hydrogens is 376 g/mol. The van der Waals surface area contributed by atoms with E-state index in [1.807, 2.05) is 24.3 Å². The lowest BCUT2D eigenvalue weighted by atomic mass is 10.1. The molecule has 7 heteroatoms. The van der Waals surface area contributed by atoms with E-state index in [2.05, 4.69) is 37.8 Å². The van der Waals surface area contributed by atoms with Gasteiger partial charge in [0.2, 0.25) is 17.8 Å². The Kier molecular flexibility index (Phi) is 11.4. The molecule has 0 aliphatic rings. The van der Waals surface area contributed by atoms with Crippen LogP contribution < -0.4 is 20.7 Å². The fourth-order valence-corrected chi connectivity index (χ4v) is 3.23. The van der Waals surface area contributed by atoms with E-state index in [0.29, 0.717) is 17.8 Å². The highest BCUT2D eigenvalue weighted by molar-refractivity contribution is 5.57. The average molecular weight is 415 g/mol. The molecule has 7 nitrogen and oxygen atoms in total. The highest BCUT2D eigenvalue weighted by Gasteiger charge is 2.05. The summed E-state index contributed by atoms with van der Waals surface area (Å²) >= 11 is 0. The number of rotatable bonds is 16. The maximum Gasteiger partial charge on any atom is 0.233 e. The molecule has 0 spiro atoms. The third-order valence-electron chi connectivity index (χ3n) is 4.94. The molecule has 0 aliphatic carbocycles. The van der Waals surface area contributed by atoms with Crippen molar-refractivity contribution < 1.29 is 4.74 Å². The monoisotopic (exact) mass is 414 g/mol. The second-order valence-corrected chi connectivity index (χ2v) is 7.49. The quantitative estimate of drug-likeness (QED) is 0.291. The SMILES string of the molecule is CCCCCCCCCCCCOc1cccc(Nc2nc(NC)nc(NC)n2)c1.